The molecule has 0 aliphatic heterocycles. The van der Waals surface area contributed by atoms with Crippen molar-refractivity contribution in [2.24, 2.45) is 0 Å². The molecule has 0 aliphatic carbocycles. The van der Waals surface area contributed by atoms with E-state index in [0.29, 0.717) is 22.7 Å². The summed E-state index contributed by atoms with van der Waals surface area (Å²) in [5.41, 5.74) is 2.24. The van der Waals surface area contributed by atoms with Crippen LogP contribution < -0.4 is 10.1 Å². The summed E-state index contributed by atoms with van der Waals surface area (Å²) in [4.78, 5) is 27.4. The summed E-state index contributed by atoms with van der Waals surface area (Å²) in [5.74, 6) is 0.0859. The fourth-order valence-electron chi connectivity index (χ4n) is 2.93. The molecule has 0 unspecified atom stereocenters. The van der Waals surface area contributed by atoms with E-state index in [0.717, 1.165) is 5.56 Å². The van der Waals surface area contributed by atoms with Crippen molar-refractivity contribution in [3.05, 3.63) is 81.9 Å². The van der Waals surface area contributed by atoms with Crippen molar-refractivity contribution in [1.82, 2.24) is 4.98 Å². The van der Waals surface area contributed by atoms with E-state index in [1.165, 1.54) is 25.1 Å². The Balaban J connectivity index is 1.49. The number of amides is 1. The standard InChI is InChI=1S/C22H16ClN3O5/c1-13(30-19-9-5-8-17(20(19)23)26(28)29)21(27)24-15-10-11-18-16(12-15)25-22(31-18)14-6-3-2-4-7-14/h2-13H,1H3,(H,24,27)/t13-/m0/s1. The average molecular weight is 438 g/mol. The molecule has 1 heterocycles. The molecule has 0 saturated carbocycles. The Labute approximate surface area is 181 Å². The molecule has 0 saturated heterocycles. The van der Waals surface area contributed by atoms with Gasteiger partial charge in [-0.1, -0.05) is 35.9 Å². The Morgan fingerprint density at radius 2 is 1.94 bits per heavy atom. The van der Waals surface area contributed by atoms with Gasteiger partial charge in [-0.15, -0.1) is 0 Å². The molecule has 156 valence electrons. The molecule has 0 fully saturated rings. The molecule has 1 N–H and O–H groups in total. The zero-order valence-corrected chi connectivity index (χ0v) is 17.0. The fraction of sp³-hybridized carbons (Fsp3) is 0.0909. The van der Waals surface area contributed by atoms with Crippen LogP contribution in [-0.4, -0.2) is 21.9 Å². The molecule has 8 nitrogen and oxygen atoms in total. The van der Waals surface area contributed by atoms with Gasteiger partial charge < -0.3 is 14.5 Å². The number of hydrogen-bond acceptors (Lipinski definition) is 6. The quantitative estimate of drug-likeness (QED) is 0.317. The molecule has 4 aromatic rings. The van der Waals surface area contributed by atoms with Gasteiger partial charge in [-0.2, -0.15) is 0 Å². The number of anilines is 1. The minimum Gasteiger partial charge on any atom is -0.479 e. The van der Waals surface area contributed by atoms with Crippen molar-refractivity contribution in [3.63, 3.8) is 0 Å². The van der Waals surface area contributed by atoms with Crippen LogP contribution in [0.25, 0.3) is 22.6 Å². The summed E-state index contributed by atoms with van der Waals surface area (Å²) in [7, 11) is 0. The Hall–Kier alpha value is -3.91. The number of benzene rings is 3. The SMILES string of the molecule is C[C@H](Oc1cccc([N+](=O)[O-])c1Cl)C(=O)Nc1ccc2oc(-c3ccccc3)nc2c1. The minimum atomic E-state index is -0.951. The molecule has 1 aromatic heterocycles. The molecule has 0 spiro atoms. The highest BCUT2D eigenvalue weighted by molar-refractivity contribution is 6.34. The van der Waals surface area contributed by atoms with Gasteiger partial charge in [0, 0.05) is 17.3 Å². The number of rotatable bonds is 6. The zero-order valence-electron chi connectivity index (χ0n) is 16.2. The van der Waals surface area contributed by atoms with Crippen LogP contribution in [0.5, 0.6) is 5.75 Å². The van der Waals surface area contributed by atoms with Crippen LogP contribution in [-0.2, 0) is 4.79 Å². The van der Waals surface area contributed by atoms with E-state index >= 15 is 0 Å². The second-order valence-corrected chi connectivity index (χ2v) is 7.04. The van der Waals surface area contributed by atoms with E-state index in [4.69, 9.17) is 20.8 Å². The lowest BCUT2D eigenvalue weighted by Gasteiger charge is -2.15. The Morgan fingerprint density at radius 3 is 2.68 bits per heavy atom. The predicted molar refractivity (Wildman–Crippen MR) is 116 cm³/mol. The Morgan fingerprint density at radius 1 is 1.16 bits per heavy atom. The highest BCUT2D eigenvalue weighted by Crippen LogP contribution is 2.34. The van der Waals surface area contributed by atoms with Gasteiger partial charge in [-0.05, 0) is 43.3 Å². The van der Waals surface area contributed by atoms with Crippen LogP contribution in [0.1, 0.15) is 6.92 Å². The summed E-state index contributed by atoms with van der Waals surface area (Å²) in [6.07, 6.45) is -0.951. The smallest absolute Gasteiger partial charge is 0.291 e. The summed E-state index contributed by atoms with van der Waals surface area (Å²) in [6, 6.07) is 18.7. The van der Waals surface area contributed by atoms with E-state index in [1.807, 2.05) is 30.3 Å². The molecule has 31 heavy (non-hydrogen) atoms. The molecule has 4 rings (SSSR count). The lowest BCUT2D eigenvalue weighted by Crippen LogP contribution is -2.30. The van der Waals surface area contributed by atoms with Crippen LogP contribution in [0.3, 0.4) is 0 Å². The number of fused-ring (bicyclic) bond motifs is 1. The second kappa shape index (κ2) is 8.45. The predicted octanol–water partition coefficient (Wildman–Crippen LogP) is 5.46. The molecule has 9 heteroatoms. The first-order valence-corrected chi connectivity index (χ1v) is 9.66. The molecule has 0 aliphatic rings. The summed E-state index contributed by atoms with van der Waals surface area (Å²) < 4.78 is 11.3. The molecule has 1 amide bonds. The summed E-state index contributed by atoms with van der Waals surface area (Å²) in [5, 5.41) is 13.6. The van der Waals surface area contributed by atoms with E-state index in [9.17, 15) is 14.9 Å². The maximum atomic E-state index is 12.6. The van der Waals surface area contributed by atoms with Crippen molar-refractivity contribution in [2.75, 3.05) is 5.32 Å². The van der Waals surface area contributed by atoms with Gasteiger partial charge in [0.05, 0.1) is 4.92 Å². The third-order valence-electron chi connectivity index (χ3n) is 4.49. The first-order valence-electron chi connectivity index (χ1n) is 9.29. The van der Waals surface area contributed by atoms with E-state index < -0.39 is 16.9 Å². The van der Waals surface area contributed by atoms with E-state index in [2.05, 4.69) is 10.3 Å². The first-order chi connectivity index (χ1) is 14.9. The topological polar surface area (TPSA) is 108 Å². The molecule has 0 bridgehead atoms. The monoisotopic (exact) mass is 437 g/mol. The molecule has 3 aromatic carbocycles. The minimum absolute atomic E-state index is 0.0537. The maximum absolute atomic E-state index is 12.6. The second-order valence-electron chi connectivity index (χ2n) is 6.66. The first kappa shape index (κ1) is 20.4. The van der Waals surface area contributed by atoms with Gasteiger partial charge in [0.1, 0.15) is 11.3 Å². The van der Waals surface area contributed by atoms with E-state index in [-0.39, 0.29) is 16.5 Å². The zero-order chi connectivity index (χ0) is 22.0. The number of carbonyl (C=O) groups is 1. The van der Waals surface area contributed by atoms with Gasteiger partial charge in [-0.25, -0.2) is 4.98 Å². The van der Waals surface area contributed by atoms with E-state index in [1.54, 1.807) is 18.2 Å². The molecule has 1 atom stereocenters. The van der Waals surface area contributed by atoms with Crippen molar-refractivity contribution in [2.45, 2.75) is 13.0 Å². The van der Waals surface area contributed by atoms with Crippen molar-refractivity contribution in [3.8, 4) is 17.2 Å². The number of hydrogen-bond donors (Lipinski definition) is 1. The highest BCUT2D eigenvalue weighted by atomic mass is 35.5. The molecular weight excluding hydrogens is 422 g/mol. The van der Waals surface area contributed by atoms with Gasteiger partial charge in [0.15, 0.2) is 16.7 Å². The largest absolute Gasteiger partial charge is 0.479 e. The van der Waals surface area contributed by atoms with Gasteiger partial charge in [0.25, 0.3) is 11.6 Å². The van der Waals surface area contributed by atoms with Crippen molar-refractivity contribution in [1.29, 1.82) is 0 Å². The Bertz CT molecular complexity index is 1270. The number of nitro benzene ring substituents is 1. The van der Waals surface area contributed by atoms with Crippen LogP contribution in [0.2, 0.25) is 5.02 Å². The molecular formula is C22H16ClN3O5. The van der Waals surface area contributed by atoms with Crippen LogP contribution in [0.4, 0.5) is 11.4 Å². The normalized spacial score (nSPS) is 11.8. The van der Waals surface area contributed by atoms with Crippen molar-refractivity contribution < 1.29 is 18.9 Å². The van der Waals surface area contributed by atoms with Crippen LogP contribution >= 0.6 is 11.6 Å². The number of oxazole rings is 1. The fourth-order valence-corrected chi connectivity index (χ4v) is 3.17. The lowest BCUT2D eigenvalue weighted by molar-refractivity contribution is -0.384. The van der Waals surface area contributed by atoms with Gasteiger partial charge in [0.2, 0.25) is 5.89 Å². The number of carbonyl (C=O) groups excluding carboxylic acids is 1. The van der Waals surface area contributed by atoms with Crippen LogP contribution in [0, 0.1) is 10.1 Å². The summed E-state index contributed by atoms with van der Waals surface area (Å²) in [6.45, 7) is 1.52. The maximum Gasteiger partial charge on any atom is 0.291 e. The number of nitrogens with zero attached hydrogens (tertiary/aromatic N) is 2. The van der Waals surface area contributed by atoms with Gasteiger partial charge in [-0.3, -0.25) is 14.9 Å². The number of aromatic nitrogens is 1. The third-order valence-corrected chi connectivity index (χ3v) is 4.87. The number of ether oxygens (including phenoxy) is 1. The molecule has 0 radical (unpaired) electrons. The van der Waals surface area contributed by atoms with Gasteiger partial charge >= 0.3 is 0 Å². The number of nitro groups is 1. The third kappa shape index (κ3) is 4.34. The summed E-state index contributed by atoms with van der Waals surface area (Å²) >= 11 is 6.01. The van der Waals surface area contributed by atoms with Crippen molar-refractivity contribution >= 4 is 40.0 Å². The van der Waals surface area contributed by atoms with Crippen LogP contribution in [0.15, 0.2) is 71.1 Å². The lowest BCUT2D eigenvalue weighted by atomic mass is 10.2. The Kier molecular flexibility index (Phi) is 5.55. The highest BCUT2D eigenvalue weighted by Gasteiger charge is 2.21. The average Bonchev–Trinajstić information content (AvgIpc) is 3.19. The number of halogens is 1. The number of nitrogens with one attached hydrogen (secondary N) is 1.